The van der Waals surface area contributed by atoms with Crippen LogP contribution in [0.5, 0.6) is 5.75 Å². The summed E-state index contributed by atoms with van der Waals surface area (Å²) in [5.41, 5.74) is 6.88. The van der Waals surface area contributed by atoms with Gasteiger partial charge in [-0.1, -0.05) is 55.4 Å². The van der Waals surface area contributed by atoms with Crippen molar-refractivity contribution < 1.29 is 24.0 Å². The molecule has 0 saturated carbocycles. The number of anilines is 1. The molecule has 0 aliphatic carbocycles. The van der Waals surface area contributed by atoms with Crippen molar-refractivity contribution in [3.63, 3.8) is 0 Å². The molecular formula is C42H45N9O5S. The van der Waals surface area contributed by atoms with E-state index in [0.717, 1.165) is 28.1 Å². The second-order valence-corrected chi connectivity index (χ2v) is 16.0. The van der Waals surface area contributed by atoms with Crippen LogP contribution >= 0.6 is 11.3 Å². The maximum absolute atomic E-state index is 14.2. The molecule has 15 heteroatoms. The molecule has 2 aliphatic heterocycles. The summed E-state index contributed by atoms with van der Waals surface area (Å²) >= 11 is 1.61. The summed E-state index contributed by atoms with van der Waals surface area (Å²) in [6.45, 7) is 10.4. The lowest BCUT2D eigenvalue weighted by Gasteiger charge is -2.34. The van der Waals surface area contributed by atoms with E-state index in [2.05, 4.69) is 42.8 Å². The molecule has 14 nitrogen and oxygen atoms in total. The molecule has 6 aromatic rings. The number of H-pyrrole nitrogens is 1. The van der Waals surface area contributed by atoms with Crippen molar-refractivity contribution >= 4 is 45.9 Å². The highest BCUT2D eigenvalue weighted by molar-refractivity contribution is 7.13. The molecule has 2 aliphatic rings. The van der Waals surface area contributed by atoms with Gasteiger partial charge < -0.3 is 34.6 Å². The lowest BCUT2D eigenvalue weighted by Crippen LogP contribution is -2.49. The number of para-hydroxylation sites is 1. The summed E-state index contributed by atoms with van der Waals surface area (Å²) in [6.07, 6.45) is 1.33. The Kier molecular flexibility index (Phi) is 10.5. The van der Waals surface area contributed by atoms with E-state index in [9.17, 15) is 19.5 Å². The maximum Gasteiger partial charge on any atom is 0.270 e. The number of hydrogen-bond donors (Lipinski definition) is 3. The summed E-state index contributed by atoms with van der Waals surface area (Å²) < 4.78 is 5.85. The van der Waals surface area contributed by atoms with Crippen LogP contribution in [0.15, 0.2) is 76.8 Å². The van der Waals surface area contributed by atoms with Crippen LogP contribution in [0.2, 0.25) is 0 Å². The Hall–Kier alpha value is -6.09. The number of carbonyl (C=O) groups is 3. The highest BCUT2D eigenvalue weighted by Crippen LogP contribution is 2.34. The normalized spacial score (nSPS) is 17.0. The van der Waals surface area contributed by atoms with Crippen LogP contribution in [-0.2, 0) is 9.59 Å². The number of fused-ring (bicyclic) bond motifs is 1. The van der Waals surface area contributed by atoms with E-state index in [1.807, 2.05) is 62.4 Å². The molecule has 57 heavy (non-hydrogen) atoms. The molecule has 2 fully saturated rings. The predicted molar refractivity (Wildman–Crippen MR) is 217 cm³/mol. The maximum atomic E-state index is 14.2. The zero-order valence-electron chi connectivity index (χ0n) is 32.3. The van der Waals surface area contributed by atoms with E-state index >= 15 is 0 Å². The van der Waals surface area contributed by atoms with Crippen LogP contribution in [0, 0.1) is 12.8 Å². The van der Waals surface area contributed by atoms with E-state index in [0.29, 0.717) is 78.7 Å². The number of nitrogens with one attached hydrogen (secondary N) is 2. The monoisotopic (exact) mass is 787 g/mol. The number of thiazole rings is 1. The second-order valence-electron chi connectivity index (χ2n) is 15.1. The smallest absolute Gasteiger partial charge is 0.270 e. The Morgan fingerprint density at radius 3 is 2.46 bits per heavy atom. The van der Waals surface area contributed by atoms with E-state index in [-0.39, 0.29) is 35.4 Å². The summed E-state index contributed by atoms with van der Waals surface area (Å²) in [5.74, 6) is -0.00755. The molecule has 4 aromatic heterocycles. The Labute approximate surface area is 333 Å². The molecule has 3 atom stereocenters. The number of aromatic nitrogens is 5. The number of amides is 3. The Balaban J connectivity index is 0.885. The molecule has 294 valence electrons. The van der Waals surface area contributed by atoms with Gasteiger partial charge in [-0.2, -0.15) is 0 Å². The second kappa shape index (κ2) is 15.8. The fourth-order valence-corrected chi connectivity index (χ4v) is 8.68. The fraction of sp³-hybridized carbons (Fsp3) is 0.357. The van der Waals surface area contributed by atoms with E-state index < -0.39 is 12.0 Å². The van der Waals surface area contributed by atoms with E-state index in [1.165, 1.54) is 0 Å². The summed E-state index contributed by atoms with van der Waals surface area (Å²) in [6, 6.07) is 19.6. The molecule has 2 aromatic carbocycles. The third kappa shape index (κ3) is 7.58. The van der Waals surface area contributed by atoms with Crippen LogP contribution in [-0.4, -0.2) is 96.7 Å². The first kappa shape index (κ1) is 37.8. The zero-order valence-corrected chi connectivity index (χ0v) is 33.1. The van der Waals surface area contributed by atoms with Crippen LogP contribution in [0.4, 0.5) is 5.82 Å². The molecular weight excluding hydrogens is 743 g/mol. The fourth-order valence-electron chi connectivity index (χ4n) is 7.87. The van der Waals surface area contributed by atoms with Gasteiger partial charge in [-0.15, -0.1) is 21.5 Å². The molecule has 3 N–H and O–H groups in total. The van der Waals surface area contributed by atoms with Gasteiger partial charge in [-0.3, -0.25) is 14.4 Å². The zero-order chi connectivity index (χ0) is 39.8. The molecule has 0 radical (unpaired) electrons. The molecule has 2 saturated heterocycles. The lowest BCUT2D eigenvalue weighted by atomic mass is 9.91. The summed E-state index contributed by atoms with van der Waals surface area (Å²) in [7, 11) is 0. The van der Waals surface area contributed by atoms with Crippen molar-refractivity contribution in [2.75, 3.05) is 37.6 Å². The third-order valence-electron chi connectivity index (χ3n) is 11.0. The number of nitrogens with zero attached hydrogens (tertiary/aromatic N) is 7. The average Bonchev–Trinajstić information content (AvgIpc) is 4.05. The minimum Gasteiger partial charge on any atom is -0.507 e. The van der Waals surface area contributed by atoms with Gasteiger partial charge in [0.2, 0.25) is 11.8 Å². The van der Waals surface area contributed by atoms with Crippen LogP contribution in [0.1, 0.15) is 73.1 Å². The van der Waals surface area contributed by atoms with Gasteiger partial charge in [0.05, 0.1) is 27.8 Å². The first-order valence-corrected chi connectivity index (χ1v) is 20.2. The highest BCUT2D eigenvalue weighted by atomic mass is 32.1. The average molecular weight is 788 g/mol. The number of benzene rings is 2. The minimum absolute atomic E-state index is 0.104. The van der Waals surface area contributed by atoms with E-state index in [1.54, 1.807) is 51.5 Å². The van der Waals surface area contributed by atoms with Crippen molar-refractivity contribution in [2.24, 2.45) is 5.92 Å². The largest absolute Gasteiger partial charge is 0.507 e. The van der Waals surface area contributed by atoms with Gasteiger partial charge in [0.25, 0.3) is 5.91 Å². The van der Waals surface area contributed by atoms with Crippen molar-refractivity contribution in [1.29, 1.82) is 0 Å². The molecule has 3 amide bonds. The number of likely N-dealkylation sites (tertiary alicyclic amines) is 1. The molecule has 0 spiro atoms. The van der Waals surface area contributed by atoms with E-state index in [4.69, 9.17) is 4.52 Å². The van der Waals surface area contributed by atoms with Gasteiger partial charge in [0.15, 0.2) is 17.2 Å². The summed E-state index contributed by atoms with van der Waals surface area (Å²) in [4.78, 5) is 55.5. The number of hydrogen-bond acceptors (Lipinski definition) is 11. The number of carbonyl (C=O) groups excluding carboxylic acids is 3. The minimum atomic E-state index is -0.612. The third-order valence-corrected chi connectivity index (χ3v) is 12.0. The first-order valence-electron chi connectivity index (χ1n) is 19.3. The predicted octanol–water partition coefficient (Wildman–Crippen LogP) is 6.32. The Bertz CT molecular complexity index is 2410. The molecule has 6 heterocycles. The Morgan fingerprint density at radius 1 is 0.965 bits per heavy atom. The number of rotatable bonds is 10. The Morgan fingerprint density at radius 2 is 1.74 bits per heavy atom. The van der Waals surface area contributed by atoms with Crippen molar-refractivity contribution in [3.8, 4) is 27.4 Å². The van der Waals surface area contributed by atoms with Crippen molar-refractivity contribution in [1.82, 2.24) is 40.4 Å². The van der Waals surface area contributed by atoms with Crippen LogP contribution in [0.25, 0.3) is 32.7 Å². The van der Waals surface area contributed by atoms with Crippen molar-refractivity contribution in [3.05, 3.63) is 95.0 Å². The standard InChI is InChI=1S/C42H45N9O5S/c1-24(2)37(42(55)51-15-7-9-33(51)40(53)44-25(3)27-11-13-28(14-12-27)38-26(4)43-23-57-38)35-22-36(48-56-35)49-16-18-50(19-17-49)41(54)32-21-29-20-31(46-47-39(29)45-32)30-8-5-6-10-34(30)52/h5-6,8,10-14,20-25,33,37,52H,7,9,15-19H2,1-4H3,(H,44,53)(H,45,47)/t25-,33-,37-/m0/s1. The highest BCUT2D eigenvalue weighted by Gasteiger charge is 2.41. The summed E-state index contributed by atoms with van der Waals surface area (Å²) in [5, 5.41) is 27.0. The number of phenolic OH excluding ortho intramolecular Hbond substituents is 1. The van der Waals surface area contributed by atoms with Gasteiger partial charge in [-0.25, -0.2) is 4.98 Å². The molecule has 0 unspecified atom stereocenters. The van der Waals surface area contributed by atoms with Gasteiger partial charge in [0.1, 0.15) is 23.4 Å². The topological polar surface area (TPSA) is 174 Å². The SMILES string of the molecule is Cc1ncsc1-c1ccc([C@H](C)NC(=O)[C@@H]2CCCN2C(=O)[C@H](c2cc(N3CCN(C(=O)c4cc5cc(-c6ccccc6O)nnc5[nH]4)CC3)no2)C(C)C)cc1. The van der Waals surface area contributed by atoms with Gasteiger partial charge >= 0.3 is 0 Å². The van der Waals surface area contributed by atoms with Crippen LogP contribution in [0.3, 0.4) is 0 Å². The molecule has 8 rings (SSSR count). The van der Waals surface area contributed by atoms with Gasteiger partial charge in [0, 0.05) is 49.7 Å². The number of aromatic amines is 1. The van der Waals surface area contributed by atoms with Gasteiger partial charge in [-0.05, 0) is 68.0 Å². The number of aromatic hydroxyl groups is 1. The molecule has 0 bridgehead atoms. The quantitative estimate of drug-likeness (QED) is 0.143. The number of aryl methyl sites for hydroxylation is 1. The number of phenols is 1. The lowest BCUT2D eigenvalue weighted by molar-refractivity contribution is -0.141. The number of piperazine rings is 1. The van der Waals surface area contributed by atoms with Crippen LogP contribution < -0.4 is 10.2 Å². The first-order chi connectivity index (χ1) is 27.5. The van der Waals surface area contributed by atoms with Crippen molar-refractivity contribution in [2.45, 2.75) is 58.5 Å².